The molecule has 13 heteroatoms. The summed E-state index contributed by atoms with van der Waals surface area (Å²) in [6.45, 7) is 0.718. The quantitative estimate of drug-likeness (QED) is 0.172. The largest absolute Gasteiger partial charge is 0.481 e. The van der Waals surface area contributed by atoms with Crippen molar-refractivity contribution in [1.82, 2.24) is 0 Å². The number of hydrogen-bond donors (Lipinski definition) is 1. The van der Waals surface area contributed by atoms with Crippen molar-refractivity contribution in [2.75, 3.05) is 24.6 Å². The number of nitriles is 1. The summed E-state index contributed by atoms with van der Waals surface area (Å²) in [7, 11) is 0. The van der Waals surface area contributed by atoms with Crippen LogP contribution in [0.3, 0.4) is 0 Å². The highest BCUT2D eigenvalue weighted by atomic mass is 35.5. The maximum atomic E-state index is 11.6. The highest BCUT2D eigenvalue weighted by Crippen LogP contribution is 2.37. The Hall–Kier alpha value is -3.75. The van der Waals surface area contributed by atoms with E-state index in [-0.39, 0.29) is 47.3 Å². The summed E-state index contributed by atoms with van der Waals surface area (Å²) >= 11 is 12.1. The zero-order valence-corrected chi connectivity index (χ0v) is 19.2. The van der Waals surface area contributed by atoms with Crippen LogP contribution < -0.4 is 4.90 Å². The van der Waals surface area contributed by atoms with E-state index in [9.17, 15) is 19.7 Å². The number of rotatable bonds is 12. The number of carboxylic acid groups (broad SMARTS) is 1. The molecule has 0 bridgehead atoms. The van der Waals surface area contributed by atoms with Gasteiger partial charge in [-0.05, 0) is 24.3 Å². The molecule has 0 aliphatic rings. The number of esters is 1. The van der Waals surface area contributed by atoms with Crippen molar-refractivity contribution in [2.45, 2.75) is 19.3 Å². The number of nitro groups is 1. The number of hydrogen-bond acceptors (Lipinski definition) is 9. The van der Waals surface area contributed by atoms with Crippen LogP contribution in [0.5, 0.6) is 0 Å². The first-order valence-corrected chi connectivity index (χ1v) is 10.6. The molecule has 34 heavy (non-hydrogen) atoms. The molecule has 0 aliphatic heterocycles. The smallest absolute Gasteiger partial charge is 0.306 e. The Balaban J connectivity index is 2.05. The molecule has 2 aromatic carbocycles. The van der Waals surface area contributed by atoms with E-state index in [0.29, 0.717) is 18.8 Å². The van der Waals surface area contributed by atoms with E-state index in [1.165, 1.54) is 0 Å². The summed E-state index contributed by atoms with van der Waals surface area (Å²) in [6.07, 6.45) is -0.273. The average Bonchev–Trinajstić information content (AvgIpc) is 2.79. The van der Waals surface area contributed by atoms with Gasteiger partial charge in [-0.25, -0.2) is 0 Å². The Bertz CT molecular complexity index is 1090. The van der Waals surface area contributed by atoms with Crippen LogP contribution in [0.1, 0.15) is 19.3 Å². The lowest BCUT2D eigenvalue weighted by atomic mass is 10.2. The summed E-state index contributed by atoms with van der Waals surface area (Å²) in [5, 5.41) is 36.4. The minimum Gasteiger partial charge on any atom is -0.481 e. The predicted molar refractivity (Wildman–Crippen MR) is 124 cm³/mol. The molecule has 0 radical (unpaired) electrons. The van der Waals surface area contributed by atoms with E-state index in [4.69, 9.17) is 38.3 Å². The van der Waals surface area contributed by atoms with E-state index in [1.54, 1.807) is 24.3 Å². The van der Waals surface area contributed by atoms with Gasteiger partial charge in [0.2, 0.25) is 0 Å². The van der Waals surface area contributed by atoms with Gasteiger partial charge in [0.1, 0.15) is 12.3 Å². The number of carbonyl (C=O) groups is 2. The number of nitrogens with zero attached hydrogens (tertiary/aromatic N) is 5. The Morgan fingerprint density at radius 1 is 1.12 bits per heavy atom. The lowest BCUT2D eigenvalue weighted by Gasteiger charge is -2.23. The van der Waals surface area contributed by atoms with Crippen molar-refractivity contribution in [1.29, 1.82) is 5.26 Å². The van der Waals surface area contributed by atoms with Crippen LogP contribution in [0.4, 0.5) is 22.7 Å². The van der Waals surface area contributed by atoms with Gasteiger partial charge < -0.3 is 14.7 Å². The van der Waals surface area contributed by atoms with Crippen molar-refractivity contribution in [3.63, 3.8) is 0 Å². The molecule has 0 spiro atoms. The fourth-order valence-corrected chi connectivity index (χ4v) is 3.25. The zero-order valence-electron chi connectivity index (χ0n) is 17.7. The Kier molecular flexibility index (Phi) is 10.2. The lowest BCUT2D eigenvalue weighted by Crippen LogP contribution is -2.29. The topological polar surface area (TPSA) is 158 Å². The van der Waals surface area contributed by atoms with Gasteiger partial charge in [0, 0.05) is 24.4 Å². The molecule has 2 rings (SSSR count). The first-order chi connectivity index (χ1) is 16.2. The number of carbonyl (C=O) groups excluding carboxylic acids is 1. The molecule has 2 aromatic rings. The van der Waals surface area contributed by atoms with Crippen molar-refractivity contribution in [3.8, 4) is 6.07 Å². The summed E-state index contributed by atoms with van der Waals surface area (Å²) in [5.74, 6) is -1.69. The summed E-state index contributed by atoms with van der Waals surface area (Å²) in [4.78, 5) is 34.2. The van der Waals surface area contributed by atoms with Crippen LogP contribution in [-0.4, -0.2) is 41.7 Å². The molecule has 11 nitrogen and oxygen atoms in total. The predicted octanol–water partition coefficient (Wildman–Crippen LogP) is 5.45. The highest BCUT2D eigenvalue weighted by molar-refractivity contribution is 6.39. The molecule has 0 aliphatic carbocycles. The molecule has 1 N–H and O–H groups in total. The van der Waals surface area contributed by atoms with Crippen LogP contribution in [-0.2, 0) is 14.3 Å². The number of ether oxygens (including phenoxy) is 1. The van der Waals surface area contributed by atoms with Gasteiger partial charge in [-0.2, -0.15) is 10.4 Å². The second kappa shape index (κ2) is 13.1. The Morgan fingerprint density at radius 2 is 1.76 bits per heavy atom. The second-order valence-electron chi connectivity index (χ2n) is 6.74. The molecule has 0 heterocycles. The maximum Gasteiger partial charge on any atom is 0.306 e. The van der Waals surface area contributed by atoms with Gasteiger partial charge in [0.25, 0.3) is 5.69 Å². The molecule has 0 saturated carbocycles. The molecule has 0 atom stereocenters. The van der Waals surface area contributed by atoms with Crippen molar-refractivity contribution >= 4 is 57.9 Å². The number of benzene rings is 2. The van der Waals surface area contributed by atoms with Crippen molar-refractivity contribution in [3.05, 3.63) is 56.6 Å². The normalized spacial score (nSPS) is 10.6. The standard InChI is InChI=1S/C21H19Cl2N5O6/c22-17-12-16(28(32)33)13-18(23)21(17)26-25-14-2-4-15(5-3-14)27(9-1-8-24)10-11-34-20(31)7-6-19(29)30/h2-5,12-13H,1,6-7,9-11H2,(H,29,30)/b26-25+. The monoisotopic (exact) mass is 507 g/mol. The Labute approximate surface area is 204 Å². The average molecular weight is 508 g/mol. The number of nitro benzene ring substituents is 1. The van der Waals surface area contributed by atoms with Gasteiger partial charge in [0.15, 0.2) is 0 Å². The molecular formula is C21H19Cl2N5O6. The zero-order chi connectivity index (χ0) is 25.1. The van der Waals surface area contributed by atoms with E-state index < -0.39 is 16.9 Å². The summed E-state index contributed by atoms with van der Waals surface area (Å²) in [5.41, 5.74) is 1.03. The SMILES string of the molecule is N#CCCN(CCOC(=O)CCC(=O)O)c1ccc(/N=N/c2c(Cl)cc([N+](=O)[O-])cc2Cl)cc1. The first kappa shape index (κ1) is 26.5. The number of azo groups is 1. The van der Waals surface area contributed by atoms with Crippen LogP contribution in [0.15, 0.2) is 46.6 Å². The van der Waals surface area contributed by atoms with Crippen LogP contribution in [0.25, 0.3) is 0 Å². The number of halogens is 2. The van der Waals surface area contributed by atoms with Crippen LogP contribution in [0.2, 0.25) is 10.0 Å². The van der Waals surface area contributed by atoms with Crippen LogP contribution >= 0.6 is 23.2 Å². The number of anilines is 1. The molecule has 0 unspecified atom stereocenters. The second-order valence-corrected chi connectivity index (χ2v) is 7.56. The molecule has 0 aromatic heterocycles. The highest BCUT2D eigenvalue weighted by Gasteiger charge is 2.15. The minimum atomic E-state index is -1.08. The third-order valence-electron chi connectivity index (χ3n) is 4.35. The summed E-state index contributed by atoms with van der Waals surface area (Å²) in [6, 6.07) is 11.1. The maximum absolute atomic E-state index is 11.6. The van der Waals surface area contributed by atoms with Crippen molar-refractivity contribution in [2.24, 2.45) is 10.2 Å². The van der Waals surface area contributed by atoms with Crippen molar-refractivity contribution < 1.29 is 24.4 Å². The van der Waals surface area contributed by atoms with Gasteiger partial charge in [-0.3, -0.25) is 19.7 Å². The third kappa shape index (κ3) is 8.31. The minimum absolute atomic E-state index is 0.0137. The van der Waals surface area contributed by atoms with E-state index in [1.807, 2.05) is 4.90 Å². The number of carboxylic acids is 1. The van der Waals surface area contributed by atoms with Gasteiger partial charge in [0.05, 0.1) is 52.5 Å². The fraction of sp³-hybridized carbons (Fsp3) is 0.286. The van der Waals surface area contributed by atoms with E-state index in [0.717, 1.165) is 17.8 Å². The number of non-ortho nitro benzene ring substituents is 1. The van der Waals surface area contributed by atoms with Gasteiger partial charge in [-0.1, -0.05) is 23.2 Å². The van der Waals surface area contributed by atoms with Gasteiger partial charge in [-0.15, -0.1) is 5.11 Å². The van der Waals surface area contributed by atoms with E-state index >= 15 is 0 Å². The van der Waals surface area contributed by atoms with Crippen LogP contribution in [0, 0.1) is 21.4 Å². The fourth-order valence-electron chi connectivity index (χ4n) is 2.70. The first-order valence-electron chi connectivity index (χ1n) is 9.85. The van der Waals surface area contributed by atoms with Gasteiger partial charge >= 0.3 is 11.9 Å². The lowest BCUT2D eigenvalue weighted by molar-refractivity contribution is -0.384. The molecular weight excluding hydrogens is 489 g/mol. The molecule has 0 saturated heterocycles. The Morgan fingerprint density at radius 3 is 2.32 bits per heavy atom. The molecule has 178 valence electrons. The molecule has 0 amide bonds. The third-order valence-corrected chi connectivity index (χ3v) is 4.93. The van der Waals surface area contributed by atoms with E-state index in [2.05, 4.69) is 16.3 Å². The number of aliphatic carboxylic acids is 1. The summed E-state index contributed by atoms with van der Waals surface area (Å²) < 4.78 is 5.05. The molecule has 0 fully saturated rings.